The summed E-state index contributed by atoms with van der Waals surface area (Å²) in [7, 11) is 0. The zero-order chi connectivity index (χ0) is 15.2. The van der Waals surface area contributed by atoms with Crippen LogP contribution in [0.1, 0.15) is 27.9 Å². The van der Waals surface area contributed by atoms with Gasteiger partial charge in [0, 0.05) is 4.88 Å². The number of nitrogen functional groups attached to an aromatic ring is 1. The van der Waals surface area contributed by atoms with Crippen LogP contribution in [0.3, 0.4) is 0 Å². The number of thiophene rings is 1. The van der Waals surface area contributed by atoms with Gasteiger partial charge in [-0.25, -0.2) is 4.98 Å². The van der Waals surface area contributed by atoms with Gasteiger partial charge in [-0.3, -0.25) is 4.79 Å². The SMILES string of the molecule is CCOc1nc(C(=O)NCc2cccs2)cc(N)c1C#N. The van der Waals surface area contributed by atoms with E-state index in [-0.39, 0.29) is 28.7 Å². The van der Waals surface area contributed by atoms with E-state index >= 15 is 0 Å². The number of nitrogens with two attached hydrogens (primary N) is 1. The van der Waals surface area contributed by atoms with Crippen LogP contribution in [-0.4, -0.2) is 17.5 Å². The molecule has 0 atom stereocenters. The summed E-state index contributed by atoms with van der Waals surface area (Å²) in [5, 5.41) is 13.7. The molecule has 0 aromatic carbocycles. The van der Waals surface area contributed by atoms with Crippen molar-refractivity contribution >= 4 is 22.9 Å². The number of hydrogen-bond donors (Lipinski definition) is 2. The lowest BCUT2D eigenvalue weighted by atomic mass is 10.2. The molecule has 108 valence electrons. The first kappa shape index (κ1) is 14.8. The topological polar surface area (TPSA) is 101 Å². The quantitative estimate of drug-likeness (QED) is 0.878. The fraction of sp³-hybridized carbons (Fsp3) is 0.214. The number of rotatable bonds is 5. The van der Waals surface area contributed by atoms with Crippen LogP contribution in [0.2, 0.25) is 0 Å². The van der Waals surface area contributed by atoms with Crippen molar-refractivity contribution in [2.45, 2.75) is 13.5 Å². The first-order valence-electron chi connectivity index (χ1n) is 6.29. The van der Waals surface area contributed by atoms with Crippen LogP contribution in [0.15, 0.2) is 23.6 Å². The first-order valence-corrected chi connectivity index (χ1v) is 7.17. The third-order valence-electron chi connectivity index (χ3n) is 2.65. The summed E-state index contributed by atoms with van der Waals surface area (Å²) in [4.78, 5) is 17.2. The summed E-state index contributed by atoms with van der Waals surface area (Å²) >= 11 is 1.55. The fourth-order valence-corrected chi connectivity index (χ4v) is 2.33. The summed E-state index contributed by atoms with van der Waals surface area (Å²) in [5.41, 5.74) is 6.23. The van der Waals surface area contributed by atoms with E-state index in [4.69, 9.17) is 15.7 Å². The highest BCUT2D eigenvalue weighted by atomic mass is 32.1. The molecule has 0 saturated carbocycles. The van der Waals surface area contributed by atoms with E-state index in [2.05, 4.69) is 10.3 Å². The number of carbonyl (C=O) groups excluding carboxylic acids is 1. The van der Waals surface area contributed by atoms with Crippen molar-refractivity contribution < 1.29 is 9.53 Å². The van der Waals surface area contributed by atoms with Crippen LogP contribution in [0.25, 0.3) is 0 Å². The number of nitriles is 1. The Balaban J connectivity index is 2.19. The Labute approximate surface area is 126 Å². The lowest BCUT2D eigenvalue weighted by molar-refractivity contribution is 0.0945. The Kier molecular flexibility index (Phi) is 4.74. The molecule has 0 aliphatic carbocycles. The van der Waals surface area contributed by atoms with Crippen molar-refractivity contribution in [1.82, 2.24) is 10.3 Å². The summed E-state index contributed by atoms with van der Waals surface area (Å²) < 4.78 is 5.26. The summed E-state index contributed by atoms with van der Waals surface area (Å²) in [6.45, 7) is 2.52. The summed E-state index contributed by atoms with van der Waals surface area (Å²) in [6.07, 6.45) is 0. The van der Waals surface area contributed by atoms with E-state index in [0.717, 1.165) is 4.88 Å². The summed E-state index contributed by atoms with van der Waals surface area (Å²) in [6, 6.07) is 7.15. The molecule has 0 saturated heterocycles. The Morgan fingerprint density at radius 1 is 1.62 bits per heavy atom. The Hall–Kier alpha value is -2.59. The molecule has 6 nitrogen and oxygen atoms in total. The lowest BCUT2D eigenvalue weighted by Crippen LogP contribution is -2.24. The molecule has 0 bridgehead atoms. The molecule has 0 unspecified atom stereocenters. The van der Waals surface area contributed by atoms with Crippen molar-refractivity contribution in [2.24, 2.45) is 0 Å². The standard InChI is InChI=1S/C14H14N4O2S/c1-2-20-14-10(7-15)11(16)6-12(18-14)13(19)17-8-9-4-3-5-21-9/h3-6H,2,8H2,1H3,(H2,16,18)(H,17,19). The van der Waals surface area contributed by atoms with Crippen molar-refractivity contribution in [3.05, 3.63) is 39.7 Å². The Morgan fingerprint density at radius 2 is 2.43 bits per heavy atom. The molecule has 3 N–H and O–H groups in total. The van der Waals surface area contributed by atoms with Crippen LogP contribution in [0, 0.1) is 11.3 Å². The van der Waals surface area contributed by atoms with Gasteiger partial charge in [0.2, 0.25) is 5.88 Å². The molecule has 2 aromatic heterocycles. The largest absolute Gasteiger partial charge is 0.477 e. The number of hydrogen-bond acceptors (Lipinski definition) is 6. The Bertz CT molecular complexity index is 677. The van der Waals surface area contributed by atoms with E-state index in [9.17, 15) is 4.79 Å². The van der Waals surface area contributed by atoms with E-state index < -0.39 is 0 Å². The minimum absolute atomic E-state index is 0.0845. The second-order valence-corrected chi connectivity index (χ2v) is 5.12. The maximum absolute atomic E-state index is 12.1. The molecule has 0 aliphatic rings. The van der Waals surface area contributed by atoms with Crippen molar-refractivity contribution in [3.8, 4) is 11.9 Å². The zero-order valence-corrected chi connectivity index (χ0v) is 12.2. The van der Waals surface area contributed by atoms with Crippen molar-refractivity contribution in [1.29, 1.82) is 5.26 Å². The van der Waals surface area contributed by atoms with Crippen LogP contribution in [0.4, 0.5) is 5.69 Å². The predicted octanol–water partition coefficient (Wildman–Crippen LogP) is 1.93. The molecular formula is C14H14N4O2S. The number of amides is 1. The zero-order valence-electron chi connectivity index (χ0n) is 11.4. The number of ether oxygens (including phenoxy) is 1. The van der Waals surface area contributed by atoms with Crippen molar-refractivity contribution in [2.75, 3.05) is 12.3 Å². The molecule has 1 amide bonds. The maximum atomic E-state index is 12.1. The number of carbonyl (C=O) groups is 1. The van der Waals surface area contributed by atoms with E-state index in [0.29, 0.717) is 13.2 Å². The normalized spacial score (nSPS) is 9.90. The molecule has 7 heteroatoms. The molecule has 0 spiro atoms. The van der Waals surface area contributed by atoms with Crippen LogP contribution >= 0.6 is 11.3 Å². The molecule has 2 heterocycles. The second-order valence-electron chi connectivity index (χ2n) is 4.08. The molecule has 0 fully saturated rings. The van der Waals surface area contributed by atoms with Gasteiger partial charge in [0.15, 0.2) is 0 Å². The number of anilines is 1. The average Bonchev–Trinajstić information content (AvgIpc) is 2.98. The highest BCUT2D eigenvalue weighted by Gasteiger charge is 2.16. The third-order valence-corrected chi connectivity index (χ3v) is 3.52. The van der Waals surface area contributed by atoms with Gasteiger partial charge >= 0.3 is 0 Å². The van der Waals surface area contributed by atoms with Crippen molar-refractivity contribution in [3.63, 3.8) is 0 Å². The summed E-state index contributed by atoms with van der Waals surface area (Å²) in [5.74, 6) is -0.276. The molecule has 0 radical (unpaired) electrons. The number of nitrogens with one attached hydrogen (secondary N) is 1. The van der Waals surface area contributed by atoms with Crippen LogP contribution < -0.4 is 15.8 Å². The van der Waals surface area contributed by atoms with E-state index in [1.54, 1.807) is 18.3 Å². The highest BCUT2D eigenvalue weighted by Crippen LogP contribution is 2.22. The minimum Gasteiger partial charge on any atom is -0.477 e. The van der Waals surface area contributed by atoms with Gasteiger partial charge in [-0.1, -0.05) is 6.07 Å². The minimum atomic E-state index is -0.361. The second kappa shape index (κ2) is 6.72. The lowest BCUT2D eigenvalue weighted by Gasteiger charge is -2.09. The first-order chi connectivity index (χ1) is 10.2. The van der Waals surface area contributed by atoms with Gasteiger partial charge in [-0.15, -0.1) is 11.3 Å². The van der Waals surface area contributed by atoms with Crippen LogP contribution in [-0.2, 0) is 6.54 Å². The van der Waals surface area contributed by atoms with E-state index in [1.165, 1.54) is 6.07 Å². The molecule has 0 aliphatic heterocycles. The molecule has 21 heavy (non-hydrogen) atoms. The van der Waals surface area contributed by atoms with Gasteiger partial charge in [0.25, 0.3) is 5.91 Å². The number of pyridine rings is 1. The fourth-order valence-electron chi connectivity index (χ4n) is 1.68. The van der Waals surface area contributed by atoms with E-state index in [1.807, 2.05) is 23.6 Å². The van der Waals surface area contributed by atoms with Gasteiger partial charge in [-0.2, -0.15) is 5.26 Å². The smallest absolute Gasteiger partial charge is 0.270 e. The third kappa shape index (κ3) is 3.49. The highest BCUT2D eigenvalue weighted by molar-refractivity contribution is 7.09. The van der Waals surface area contributed by atoms with Gasteiger partial charge in [0.05, 0.1) is 18.8 Å². The molecular weight excluding hydrogens is 288 g/mol. The molecule has 2 aromatic rings. The maximum Gasteiger partial charge on any atom is 0.270 e. The van der Waals surface area contributed by atoms with Gasteiger partial charge in [-0.05, 0) is 24.4 Å². The monoisotopic (exact) mass is 302 g/mol. The average molecular weight is 302 g/mol. The van der Waals surface area contributed by atoms with Gasteiger partial charge in [0.1, 0.15) is 17.3 Å². The van der Waals surface area contributed by atoms with Crippen LogP contribution in [0.5, 0.6) is 5.88 Å². The predicted molar refractivity (Wildman–Crippen MR) is 80.0 cm³/mol. The Morgan fingerprint density at radius 3 is 3.05 bits per heavy atom. The number of aromatic nitrogens is 1. The van der Waals surface area contributed by atoms with Gasteiger partial charge < -0.3 is 15.8 Å². The molecule has 2 rings (SSSR count). The number of nitrogens with zero attached hydrogens (tertiary/aromatic N) is 2.